The van der Waals surface area contributed by atoms with Crippen LogP contribution in [0.5, 0.6) is 0 Å². The van der Waals surface area contributed by atoms with Gasteiger partial charge in [0.05, 0.1) is 38.1 Å². The number of hydrogen-bond donors (Lipinski definition) is 19. The Morgan fingerprint density at radius 1 is 0.434 bits per heavy atom. The van der Waals surface area contributed by atoms with E-state index in [1.54, 1.807) is 0 Å². The molecule has 0 radical (unpaired) electrons. The normalized spacial score (nSPS) is 18.9. The minimum atomic E-state index is -1.97. The van der Waals surface area contributed by atoms with Crippen molar-refractivity contribution in [2.45, 2.75) is 124 Å². The highest BCUT2D eigenvalue weighted by Crippen LogP contribution is 2.26. The van der Waals surface area contributed by atoms with Crippen molar-refractivity contribution in [3.63, 3.8) is 0 Å². The molecule has 0 bridgehead atoms. The Labute approximate surface area is 304 Å². The summed E-state index contributed by atoms with van der Waals surface area (Å²) in [6.07, 6.45) is -24.6. The van der Waals surface area contributed by atoms with Crippen molar-refractivity contribution in [1.82, 2.24) is 21.3 Å². The van der Waals surface area contributed by atoms with Gasteiger partial charge in [-0.3, -0.25) is 19.2 Å². The van der Waals surface area contributed by atoms with E-state index in [1.807, 2.05) is 0 Å². The van der Waals surface area contributed by atoms with Crippen LogP contribution in [0.2, 0.25) is 0 Å². The Bertz CT molecular complexity index is 975. The molecule has 0 aromatic heterocycles. The Kier molecular flexibility index (Phi) is 24.1. The predicted octanol–water partition coefficient (Wildman–Crippen LogP) is -10.1. The lowest BCUT2D eigenvalue weighted by molar-refractivity contribution is -0.128. The molecule has 4 amide bonds. The molecule has 0 rings (SSSR count). The van der Waals surface area contributed by atoms with E-state index in [4.69, 9.17) is 15.3 Å². The molecule has 23 nitrogen and oxygen atoms in total. The van der Waals surface area contributed by atoms with Crippen molar-refractivity contribution < 1.29 is 95.8 Å². The van der Waals surface area contributed by atoms with Crippen LogP contribution in [-0.4, -0.2) is 218 Å². The third kappa shape index (κ3) is 18.4. The molecular weight excluding hydrogens is 720 g/mol. The first-order chi connectivity index (χ1) is 24.7. The largest absolute Gasteiger partial charge is 0.394 e. The number of aliphatic hydroxyl groups excluding tert-OH is 15. The summed E-state index contributed by atoms with van der Waals surface area (Å²) in [6, 6.07) is 0. The van der Waals surface area contributed by atoms with Crippen LogP contribution >= 0.6 is 0 Å². The van der Waals surface area contributed by atoms with E-state index in [1.165, 1.54) is 0 Å². The van der Waals surface area contributed by atoms with Crippen molar-refractivity contribution in [1.29, 1.82) is 0 Å². The fraction of sp³-hybridized carbons (Fsp3) is 0.867. The van der Waals surface area contributed by atoms with Gasteiger partial charge in [0.1, 0.15) is 54.9 Å². The topological polar surface area (TPSA) is 420 Å². The standard InChI is InChI=1S/C30H58N4O19/c1-14(38)34-30(5-2-21(45)31-8-15(39)24(48)27(51)18(42)11-35,6-3-22(46)32-9-16(40)25(49)28(52)19(43)12-36)7-4-23(47)33-10-17(41)26(50)29(53)20(44)13-37/h15-20,24-29,35-37,39-44,48-53H,2-13H2,1H3,(H,31,45)(H,32,46)(H,33,47)(H,34,38)/t15-,16-,17-,18+,19+,20+,24+,25+,26+,27+,28+,29+/m0/s1. The zero-order valence-corrected chi connectivity index (χ0v) is 29.3. The molecule has 0 aliphatic carbocycles. The third-order valence-electron chi connectivity index (χ3n) is 8.43. The molecule has 53 heavy (non-hydrogen) atoms. The van der Waals surface area contributed by atoms with E-state index >= 15 is 0 Å². The molecule has 23 heteroatoms. The summed E-state index contributed by atoms with van der Waals surface area (Å²) >= 11 is 0. The molecule has 19 N–H and O–H groups in total. The molecule has 0 aliphatic rings. The van der Waals surface area contributed by atoms with Gasteiger partial charge >= 0.3 is 0 Å². The van der Waals surface area contributed by atoms with Gasteiger partial charge in [-0.15, -0.1) is 0 Å². The van der Waals surface area contributed by atoms with Crippen LogP contribution in [0.15, 0.2) is 0 Å². The van der Waals surface area contributed by atoms with Crippen molar-refractivity contribution in [3.05, 3.63) is 0 Å². The van der Waals surface area contributed by atoms with Gasteiger partial charge in [-0.2, -0.15) is 0 Å². The molecule has 0 fully saturated rings. The van der Waals surface area contributed by atoms with Gasteiger partial charge in [0.15, 0.2) is 0 Å². The van der Waals surface area contributed by atoms with E-state index in [0.29, 0.717) is 0 Å². The first-order valence-corrected chi connectivity index (χ1v) is 16.7. The van der Waals surface area contributed by atoms with Crippen LogP contribution < -0.4 is 21.3 Å². The van der Waals surface area contributed by atoms with Crippen molar-refractivity contribution in [2.24, 2.45) is 0 Å². The number of nitrogens with one attached hydrogen (secondary N) is 4. The lowest BCUT2D eigenvalue weighted by Crippen LogP contribution is -2.52. The molecule has 0 saturated carbocycles. The number of carbonyl (C=O) groups is 4. The quantitative estimate of drug-likeness (QED) is 0.0350. The Morgan fingerprint density at radius 2 is 0.660 bits per heavy atom. The van der Waals surface area contributed by atoms with Crippen molar-refractivity contribution >= 4 is 23.6 Å². The number of amides is 4. The highest BCUT2D eigenvalue weighted by atomic mass is 16.4. The van der Waals surface area contributed by atoms with Crippen LogP contribution in [0.4, 0.5) is 0 Å². The summed E-state index contributed by atoms with van der Waals surface area (Å²) in [4.78, 5) is 50.5. The second-order valence-electron chi connectivity index (χ2n) is 12.8. The van der Waals surface area contributed by atoms with Crippen LogP contribution in [0.25, 0.3) is 0 Å². The summed E-state index contributed by atoms with van der Waals surface area (Å²) in [7, 11) is 0. The van der Waals surface area contributed by atoms with Gasteiger partial charge in [0, 0.05) is 51.4 Å². The van der Waals surface area contributed by atoms with E-state index in [9.17, 15) is 80.5 Å². The highest BCUT2D eigenvalue weighted by molar-refractivity contribution is 5.79. The van der Waals surface area contributed by atoms with Crippen molar-refractivity contribution in [2.75, 3.05) is 39.5 Å². The number of aliphatic hydroxyl groups is 15. The van der Waals surface area contributed by atoms with Crippen LogP contribution in [-0.2, 0) is 19.2 Å². The Hall–Kier alpha value is -2.72. The summed E-state index contributed by atoms with van der Waals surface area (Å²) < 4.78 is 0. The molecule has 12 atom stereocenters. The molecule has 0 heterocycles. The first-order valence-electron chi connectivity index (χ1n) is 16.7. The lowest BCUT2D eigenvalue weighted by atomic mass is 9.83. The summed E-state index contributed by atoms with van der Waals surface area (Å²) in [5.74, 6) is -3.00. The second kappa shape index (κ2) is 25.4. The fourth-order valence-corrected chi connectivity index (χ4v) is 4.97. The maximum atomic E-state index is 12.7. The highest BCUT2D eigenvalue weighted by Gasteiger charge is 2.35. The minimum Gasteiger partial charge on any atom is -0.394 e. The van der Waals surface area contributed by atoms with Gasteiger partial charge in [-0.25, -0.2) is 0 Å². The lowest BCUT2D eigenvalue weighted by Gasteiger charge is -2.35. The van der Waals surface area contributed by atoms with E-state index in [2.05, 4.69) is 21.3 Å². The number of hydrogen-bond acceptors (Lipinski definition) is 19. The molecule has 0 spiro atoms. The maximum Gasteiger partial charge on any atom is 0.220 e. The third-order valence-corrected chi connectivity index (χ3v) is 8.43. The number of rotatable bonds is 28. The smallest absolute Gasteiger partial charge is 0.220 e. The fourth-order valence-electron chi connectivity index (χ4n) is 4.97. The molecule has 0 aromatic rings. The average molecular weight is 779 g/mol. The molecule has 0 unspecified atom stereocenters. The van der Waals surface area contributed by atoms with Gasteiger partial charge in [-0.05, 0) is 19.3 Å². The van der Waals surface area contributed by atoms with Crippen LogP contribution in [0, 0.1) is 0 Å². The molecule has 0 aromatic carbocycles. The maximum absolute atomic E-state index is 12.7. The van der Waals surface area contributed by atoms with E-state index < -0.39 is 161 Å². The zero-order valence-electron chi connectivity index (χ0n) is 29.3. The van der Waals surface area contributed by atoms with Gasteiger partial charge < -0.3 is 97.9 Å². The van der Waals surface area contributed by atoms with Gasteiger partial charge in [0.25, 0.3) is 0 Å². The average Bonchev–Trinajstić information content (AvgIpc) is 3.14. The zero-order chi connectivity index (χ0) is 41.1. The molecule has 312 valence electrons. The van der Waals surface area contributed by atoms with E-state index in [-0.39, 0.29) is 19.3 Å². The summed E-state index contributed by atoms with van der Waals surface area (Å²) in [5, 5.41) is 154. The van der Waals surface area contributed by atoms with Crippen LogP contribution in [0.3, 0.4) is 0 Å². The van der Waals surface area contributed by atoms with Crippen LogP contribution in [0.1, 0.15) is 45.4 Å². The van der Waals surface area contributed by atoms with Gasteiger partial charge in [0.2, 0.25) is 23.6 Å². The van der Waals surface area contributed by atoms with Gasteiger partial charge in [-0.1, -0.05) is 0 Å². The Balaban J connectivity index is 5.80. The first kappa shape index (κ1) is 50.3. The SMILES string of the molecule is CC(=O)NC(CCC(=O)NC[C@H](O)[C@@H](O)[C@H](O)[C@H](O)CO)(CCC(=O)NC[C@H](O)[C@@H](O)[C@H](O)[C@H](O)CO)CCC(=O)NC[C@H](O)[C@@H](O)[C@H](O)[C@H](O)CO. The number of carbonyl (C=O) groups excluding carboxylic acids is 4. The summed E-state index contributed by atoms with van der Waals surface area (Å²) in [6.45, 7) is -3.60. The molecule has 0 saturated heterocycles. The van der Waals surface area contributed by atoms with E-state index in [0.717, 1.165) is 6.92 Å². The molecule has 0 aliphatic heterocycles. The second-order valence-corrected chi connectivity index (χ2v) is 12.8. The molecular formula is C30H58N4O19. The van der Waals surface area contributed by atoms with Crippen molar-refractivity contribution in [3.8, 4) is 0 Å². The Morgan fingerprint density at radius 3 is 0.868 bits per heavy atom. The minimum absolute atomic E-state index is 0.261. The predicted molar refractivity (Wildman–Crippen MR) is 177 cm³/mol. The monoisotopic (exact) mass is 778 g/mol. The summed E-state index contributed by atoms with van der Waals surface area (Å²) in [5.41, 5.74) is -1.50.